The van der Waals surface area contributed by atoms with Crippen molar-refractivity contribution in [1.29, 1.82) is 0 Å². The molecular formula is C9H10F2N2O4. The minimum Gasteiger partial charge on any atom is -0.494 e. The highest BCUT2D eigenvalue weighted by Gasteiger charge is 2.28. The van der Waals surface area contributed by atoms with Crippen LogP contribution in [0.5, 0.6) is 5.88 Å². The van der Waals surface area contributed by atoms with Crippen molar-refractivity contribution >= 4 is 5.91 Å². The minimum atomic E-state index is -3.43. The Hall–Kier alpha value is -1.96. The molecule has 0 radical (unpaired) electrons. The van der Waals surface area contributed by atoms with E-state index < -0.39 is 36.4 Å². The average molecular weight is 248 g/mol. The average Bonchev–Trinajstić information content (AvgIpc) is 2.24. The van der Waals surface area contributed by atoms with Gasteiger partial charge in [0.05, 0.1) is 12.1 Å². The van der Waals surface area contributed by atoms with E-state index >= 15 is 0 Å². The number of H-pyrrole nitrogens is 1. The molecule has 4 N–H and O–H groups in total. The number of carbonyl (C=O) groups is 1. The van der Waals surface area contributed by atoms with Crippen LogP contribution in [0, 0.1) is 0 Å². The maximum Gasteiger partial charge on any atom is 0.287 e. The van der Waals surface area contributed by atoms with Gasteiger partial charge >= 0.3 is 0 Å². The summed E-state index contributed by atoms with van der Waals surface area (Å²) in [6.45, 7) is -2.45. The summed E-state index contributed by atoms with van der Waals surface area (Å²) < 4.78 is 25.2. The monoisotopic (exact) mass is 248 g/mol. The van der Waals surface area contributed by atoms with Crippen LogP contribution < -0.4 is 10.9 Å². The van der Waals surface area contributed by atoms with Crippen molar-refractivity contribution in [3.05, 3.63) is 28.0 Å². The maximum atomic E-state index is 12.6. The zero-order valence-electron chi connectivity index (χ0n) is 8.54. The molecule has 17 heavy (non-hydrogen) atoms. The summed E-state index contributed by atoms with van der Waals surface area (Å²) in [5.41, 5.74) is -0.982. The van der Waals surface area contributed by atoms with Gasteiger partial charge in [0.15, 0.2) is 5.88 Å². The van der Waals surface area contributed by atoms with Gasteiger partial charge in [-0.2, -0.15) is 0 Å². The third-order valence-corrected chi connectivity index (χ3v) is 1.83. The minimum absolute atomic E-state index is 0.250. The van der Waals surface area contributed by atoms with Crippen molar-refractivity contribution in [3.8, 4) is 5.88 Å². The first-order valence-corrected chi connectivity index (χ1v) is 4.54. The SMILES string of the molecule is O=C(NCC(F)(F)CO)c1cc(O)[nH]c(=O)c1. The van der Waals surface area contributed by atoms with Crippen LogP contribution in [0.25, 0.3) is 0 Å². The van der Waals surface area contributed by atoms with E-state index in [4.69, 9.17) is 10.2 Å². The zero-order chi connectivity index (χ0) is 13.1. The van der Waals surface area contributed by atoms with Crippen molar-refractivity contribution in [2.75, 3.05) is 13.2 Å². The second kappa shape index (κ2) is 4.91. The molecule has 0 atom stereocenters. The quantitative estimate of drug-likeness (QED) is 0.573. The van der Waals surface area contributed by atoms with E-state index in [0.717, 1.165) is 12.1 Å². The number of alkyl halides is 2. The molecule has 6 nitrogen and oxygen atoms in total. The van der Waals surface area contributed by atoms with E-state index in [2.05, 4.69) is 0 Å². The number of pyridine rings is 1. The Morgan fingerprint density at radius 1 is 1.47 bits per heavy atom. The number of aromatic nitrogens is 1. The van der Waals surface area contributed by atoms with Crippen LogP contribution in [0.15, 0.2) is 16.9 Å². The van der Waals surface area contributed by atoms with Crippen molar-refractivity contribution < 1.29 is 23.8 Å². The summed E-state index contributed by atoms with van der Waals surface area (Å²) in [6, 6.07) is 1.78. The molecule has 0 aliphatic carbocycles. The van der Waals surface area contributed by atoms with Crippen molar-refractivity contribution in [2.45, 2.75) is 5.92 Å². The number of rotatable bonds is 4. The van der Waals surface area contributed by atoms with Gasteiger partial charge in [0.2, 0.25) is 0 Å². The first-order chi connectivity index (χ1) is 7.84. The smallest absolute Gasteiger partial charge is 0.287 e. The second-order valence-corrected chi connectivity index (χ2v) is 3.32. The molecule has 0 saturated heterocycles. The summed E-state index contributed by atoms with van der Waals surface area (Å²) >= 11 is 0. The molecule has 0 saturated carbocycles. The summed E-state index contributed by atoms with van der Waals surface area (Å²) in [5, 5.41) is 19.1. The number of halogens is 2. The Bertz CT molecular complexity index is 472. The molecule has 1 amide bonds. The summed E-state index contributed by atoms with van der Waals surface area (Å²) in [7, 11) is 0. The number of aliphatic hydroxyl groups is 1. The van der Waals surface area contributed by atoms with E-state index in [-0.39, 0.29) is 5.56 Å². The van der Waals surface area contributed by atoms with Gasteiger partial charge in [-0.05, 0) is 0 Å². The van der Waals surface area contributed by atoms with Gasteiger partial charge in [-0.3, -0.25) is 14.6 Å². The zero-order valence-corrected chi connectivity index (χ0v) is 8.54. The van der Waals surface area contributed by atoms with E-state index in [1.54, 1.807) is 0 Å². The van der Waals surface area contributed by atoms with Crippen LogP contribution in [-0.4, -0.2) is 40.2 Å². The predicted molar refractivity (Wildman–Crippen MR) is 53.1 cm³/mol. The summed E-state index contributed by atoms with van der Waals surface area (Å²) in [4.78, 5) is 24.2. The molecule has 8 heteroatoms. The van der Waals surface area contributed by atoms with E-state index in [1.165, 1.54) is 0 Å². The third-order valence-electron chi connectivity index (χ3n) is 1.83. The van der Waals surface area contributed by atoms with E-state index in [1.807, 2.05) is 10.3 Å². The molecule has 1 rings (SSSR count). The fraction of sp³-hybridized carbons (Fsp3) is 0.333. The Morgan fingerprint density at radius 3 is 2.65 bits per heavy atom. The van der Waals surface area contributed by atoms with Gasteiger partial charge in [-0.1, -0.05) is 0 Å². The van der Waals surface area contributed by atoms with Gasteiger partial charge in [-0.25, -0.2) is 8.78 Å². The summed E-state index contributed by atoms with van der Waals surface area (Å²) in [5.74, 6) is -4.92. The third kappa shape index (κ3) is 3.83. The number of aromatic amines is 1. The predicted octanol–water partition coefficient (Wildman–Crippen LogP) is -0.562. The standard InChI is InChI=1S/C9H10F2N2O4/c10-9(11,4-14)3-12-8(17)5-1-6(15)13-7(16)2-5/h1-2,14H,3-4H2,(H,12,17)(H2,13,15,16). The molecule has 1 aromatic heterocycles. The van der Waals surface area contributed by atoms with Crippen LogP contribution >= 0.6 is 0 Å². The van der Waals surface area contributed by atoms with Crippen LogP contribution in [-0.2, 0) is 0 Å². The Balaban J connectivity index is 2.74. The lowest BCUT2D eigenvalue weighted by Gasteiger charge is -2.13. The second-order valence-electron chi connectivity index (χ2n) is 3.32. The molecule has 0 aliphatic rings. The van der Waals surface area contributed by atoms with Crippen molar-refractivity contribution in [2.24, 2.45) is 0 Å². The van der Waals surface area contributed by atoms with E-state index in [9.17, 15) is 18.4 Å². The highest BCUT2D eigenvalue weighted by Crippen LogP contribution is 2.10. The Labute approximate surface area is 93.9 Å². The van der Waals surface area contributed by atoms with Gasteiger partial charge in [0.25, 0.3) is 17.4 Å². The number of nitrogens with one attached hydrogen (secondary N) is 2. The molecule has 94 valence electrons. The molecule has 1 heterocycles. The molecule has 0 aliphatic heterocycles. The number of amides is 1. The van der Waals surface area contributed by atoms with Gasteiger partial charge in [0.1, 0.15) is 6.61 Å². The van der Waals surface area contributed by atoms with Gasteiger partial charge in [-0.15, -0.1) is 0 Å². The van der Waals surface area contributed by atoms with Crippen LogP contribution in [0.1, 0.15) is 10.4 Å². The van der Waals surface area contributed by atoms with Crippen molar-refractivity contribution in [1.82, 2.24) is 10.3 Å². The number of carbonyl (C=O) groups excluding carboxylic acids is 1. The maximum absolute atomic E-state index is 12.6. The topological polar surface area (TPSA) is 102 Å². The largest absolute Gasteiger partial charge is 0.494 e. The molecule has 0 fully saturated rings. The fourth-order valence-corrected chi connectivity index (χ4v) is 1.03. The number of aromatic hydroxyl groups is 1. The fourth-order valence-electron chi connectivity index (χ4n) is 1.03. The van der Waals surface area contributed by atoms with Crippen molar-refractivity contribution in [3.63, 3.8) is 0 Å². The Morgan fingerprint density at radius 2 is 2.12 bits per heavy atom. The lowest BCUT2D eigenvalue weighted by atomic mass is 10.2. The molecule has 0 unspecified atom stereocenters. The Kier molecular flexibility index (Phi) is 3.79. The highest BCUT2D eigenvalue weighted by atomic mass is 19.3. The highest BCUT2D eigenvalue weighted by molar-refractivity contribution is 5.94. The molecule has 1 aromatic rings. The van der Waals surface area contributed by atoms with Crippen LogP contribution in [0.2, 0.25) is 0 Å². The lowest BCUT2D eigenvalue weighted by molar-refractivity contribution is -0.0462. The molecule has 0 bridgehead atoms. The molecular weight excluding hydrogens is 238 g/mol. The van der Waals surface area contributed by atoms with E-state index in [0.29, 0.717) is 0 Å². The van der Waals surface area contributed by atoms with Crippen LogP contribution in [0.3, 0.4) is 0 Å². The first-order valence-electron chi connectivity index (χ1n) is 4.54. The van der Waals surface area contributed by atoms with Gasteiger partial charge in [0, 0.05) is 12.1 Å². The normalized spacial score (nSPS) is 11.2. The van der Waals surface area contributed by atoms with Crippen LogP contribution in [0.4, 0.5) is 8.78 Å². The lowest BCUT2D eigenvalue weighted by Crippen LogP contribution is -2.39. The first kappa shape index (κ1) is 13.1. The number of aliphatic hydroxyl groups excluding tert-OH is 1. The number of hydrogen-bond acceptors (Lipinski definition) is 4. The number of hydrogen-bond donors (Lipinski definition) is 4. The van der Waals surface area contributed by atoms with Gasteiger partial charge < -0.3 is 15.5 Å². The summed E-state index contributed by atoms with van der Waals surface area (Å²) in [6.07, 6.45) is 0. The molecule has 0 aromatic carbocycles. The molecule has 0 spiro atoms.